The van der Waals surface area contributed by atoms with E-state index in [1.165, 1.54) is 25.1 Å². The van der Waals surface area contributed by atoms with Crippen molar-refractivity contribution >= 4 is 27.5 Å². The Balaban J connectivity index is 1.59. The van der Waals surface area contributed by atoms with Gasteiger partial charge in [-0.3, -0.25) is 19.2 Å². The lowest BCUT2D eigenvalue weighted by Crippen LogP contribution is -2.52. The first-order valence-electron chi connectivity index (χ1n) is 15.9. The number of piperidine rings is 1. The van der Waals surface area contributed by atoms with E-state index in [2.05, 4.69) is 32.2 Å². The number of benzene rings is 3. The summed E-state index contributed by atoms with van der Waals surface area (Å²) < 4.78 is 27.4. The number of rotatable bonds is 14. The average molecular weight is 650 g/mol. The number of anilines is 1. The van der Waals surface area contributed by atoms with Crippen LogP contribution >= 0.6 is 0 Å². The van der Waals surface area contributed by atoms with Crippen LogP contribution in [0.5, 0.6) is 0 Å². The standard InChI is InChI=1S/C35H47N5O5S/c1-5-46(44,45)38-30-21-28(34(42)36-25(2)27-15-10-7-11-16-27)20-29(22-30)35(43)37-32(19-26-13-8-6-9-14-26)33(41)24-40(4)31-17-12-18-39(3)23-31/h6-11,13-16,20-22,25,31-33,38,41H,5,12,17-19,23-24H2,1-4H3,(H,36,42)(H,37,43). The molecule has 46 heavy (non-hydrogen) atoms. The molecule has 3 aromatic carbocycles. The lowest BCUT2D eigenvalue weighted by Gasteiger charge is -2.38. The van der Waals surface area contributed by atoms with Gasteiger partial charge in [0.05, 0.1) is 29.6 Å². The molecule has 4 N–H and O–H groups in total. The molecule has 0 aromatic heterocycles. The van der Waals surface area contributed by atoms with Gasteiger partial charge in [-0.1, -0.05) is 60.7 Å². The van der Waals surface area contributed by atoms with Gasteiger partial charge in [0.1, 0.15) is 0 Å². The molecular formula is C35H47N5O5S. The van der Waals surface area contributed by atoms with Crippen LogP contribution < -0.4 is 15.4 Å². The van der Waals surface area contributed by atoms with E-state index in [9.17, 15) is 23.1 Å². The number of likely N-dealkylation sites (tertiary alicyclic amines) is 1. The third-order valence-corrected chi connectivity index (χ3v) is 9.84. The van der Waals surface area contributed by atoms with Crippen molar-refractivity contribution in [2.24, 2.45) is 0 Å². The van der Waals surface area contributed by atoms with Crippen LogP contribution in [0.15, 0.2) is 78.9 Å². The summed E-state index contributed by atoms with van der Waals surface area (Å²) in [5, 5.41) is 17.4. The fourth-order valence-electron chi connectivity index (χ4n) is 5.78. The second kappa shape index (κ2) is 16.2. The lowest BCUT2D eigenvalue weighted by atomic mass is 9.98. The molecule has 10 nitrogen and oxygen atoms in total. The molecule has 0 saturated carbocycles. The average Bonchev–Trinajstić information content (AvgIpc) is 3.04. The Labute approximate surface area is 273 Å². The summed E-state index contributed by atoms with van der Waals surface area (Å²) in [6.07, 6.45) is 1.62. The number of hydrogen-bond donors (Lipinski definition) is 4. The topological polar surface area (TPSA) is 131 Å². The van der Waals surface area contributed by atoms with Crippen LogP contribution in [0.2, 0.25) is 0 Å². The van der Waals surface area contributed by atoms with Gasteiger partial charge in [0.15, 0.2) is 0 Å². The Morgan fingerprint density at radius 3 is 2.20 bits per heavy atom. The lowest BCUT2D eigenvalue weighted by molar-refractivity contribution is 0.0502. The van der Waals surface area contributed by atoms with Crippen molar-refractivity contribution in [3.8, 4) is 0 Å². The molecule has 4 atom stereocenters. The van der Waals surface area contributed by atoms with Gasteiger partial charge in [-0.25, -0.2) is 8.42 Å². The summed E-state index contributed by atoms with van der Waals surface area (Å²) >= 11 is 0. The number of amides is 2. The summed E-state index contributed by atoms with van der Waals surface area (Å²) in [6, 6.07) is 22.7. The van der Waals surface area contributed by atoms with Crippen molar-refractivity contribution in [3.63, 3.8) is 0 Å². The highest BCUT2D eigenvalue weighted by Gasteiger charge is 2.28. The minimum Gasteiger partial charge on any atom is -0.390 e. The van der Waals surface area contributed by atoms with Gasteiger partial charge in [0, 0.05) is 30.3 Å². The maximum atomic E-state index is 13.8. The van der Waals surface area contributed by atoms with E-state index in [0.717, 1.165) is 37.1 Å². The molecular weight excluding hydrogens is 602 g/mol. The summed E-state index contributed by atoms with van der Waals surface area (Å²) in [5.41, 5.74) is 2.19. The number of sulfonamides is 1. The second-order valence-electron chi connectivity index (χ2n) is 12.2. The van der Waals surface area contributed by atoms with Crippen molar-refractivity contribution in [1.82, 2.24) is 20.4 Å². The first-order chi connectivity index (χ1) is 21.9. The molecule has 4 unspecified atom stereocenters. The molecule has 0 radical (unpaired) electrons. The molecule has 1 fully saturated rings. The monoisotopic (exact) mass is 649 g/mol. The Morgan fingerprint density at radius 1 is 0.978 bits per heavy atom. The van der Waals surface area contributed by atoms with E-state index in [1.807, 2.05) is 74.6 Å². The fraction of sp³-hybridized carbons (Fsp3) is 0.429. The number of hydrogen-bond acceptors (Lipinski definition) is 7. The Hall–Kier alpha value is -3.77. The van der Waals surface area contributed by atoms with Crippen LogP contribution in [-0.2, 0) is 16.4 Å². The number of carbonyl (C=O) groups is 2. The number of nitrogens with zero attached hydrogens (tertiary/aromatic N) is 2. The zero-order valence-corrected chi connectivity index (χ0v) is 28.0. The van der Waals surface area contributed by atoms with Crippen LogP contribution in [0.4, 0.5) is 5.69 Å². The maximum absolute atomic E-state index is 13.8. The largest absolute Gasteiger partial charge is 0.390 e. The summed E-state index contributed by atoms with van der Waals surface area (Å²) in [6.45, 7) is 5.68. The SMILES string of the molecule is CCS(=O)(=O)Nc1cc(C(=O)NC(C)c2ccccc2)cc(C(=O)NC(Cc2ccccc2)C(O)CN(C)C2CCCN(C)C2)c1. The molecule has 4 rings (SSSR count). The highest BCUT2D eigenvalue weighted by Crippen LogP contribution is 2.20. The molecule has 2 amide bonds. The van der Waals surface area contributed by atoms with Crippen LogP contribution in [0.25, 0.3) is 0 Å². The van der Waals surface area contributed by atoms with Gasteiger partial charge in [-0.15, -0.1) is 0 Å². The van der Waals surface area contributed by atoms with E-state index in [1.54, 1.807) is 0 Å². The minimum atomic E-state index is -3.69. The molecule has 0 spiro atoms. The Bertz CT molecular complexity index is 1550. The van der Waals surface area contributed by atoms with Gasteiger partial charge in [0.2, 0.25) is 10.0 Å². The number of aliphatic hydroxyl groups is 1. The summed E-state index contributed by atoms with van der Waals surface area (Å²) in [7, 11) is 0.405. The summed E-state index contributed by atoms with van der Waals surface area (Å²) in [4.78, 5) is 31.7. The third-order valence-electron chi connectivity index (χ3n) is 8.54. The zero-order valence-electron chi connectivity index (χ0n) is 27.1. The first-order valence-corrected chi connectivity index (χ1v) is 17.5. The van der Waals surface area contributed by atoms with Gasteiger partial charge in [0.25, 0.3) is 11.8 Å². The van der Waals surface area contributed by atoms with Crippen LogP contribution in [-0.4, -0.2) is 92.8 Å². The molecule has 1 heterocycles. The highest BCUT2D eigenvalue weighted by molar-refractivity contribution is 7.92. The molecule has 0 bridgehead atoms. The van der Waals surface area contributed by atoms with Gasteiger partial charge in [-0.2, -0.15) is 0 Å². The van der Waals surface area contributed by atoms with E-state index < -0.39 is 34.0 Å². The minimum absolute atomic E-state index is 0.0985. The number of carbonyl (C=O) groups excluding carboxylic acids is 2. The molecule has 11 heteroatoms. The maximum Gasteiger partial charge on any atom is 0.251 e. The van der Waals surface area contributed by atoms with Gasteiger partial charge >= 0.3 is 0 Å². The van der Waals surface area contributed by atoms with Crippen LogP contribution in [0, 0.1) is 0 Å². The molecule has 3 aromatic rings. The third kappa shape index (κ3) is 10.1. The Morgan fingerprint density at radius 2 is 1.59 bits per heavy atom. The van der Waals surface area contributed by atoms with Crippen molar-refractivity contribution in [2.45, 2.75) is 57.3 Å². The molecule has 0 aliphatic carbocycles. The quantitative estimate of drug-likeness (QED) is 0.210. The molecule has 1 aliphatic rings. The predicted octanol–water partition coefficient (Wildman–Crippen LogP) is 3.67. The van der Waals surface area contributed by atoms with Crippen molar-refractivity contribution in [2.75, 3.05) is 44.2 Å². The fourth-order valence-corrected chi connectivity index (χ4v) is 6.40. The molecule has 248 valence electrons. The van der Waals surface area contributed by atoms with E-state index >= 15 is 0 Å². The van der Waals surface area contributed by atoms with E-state index in [4.69, 9.17) is 0 Å². The van der Waals surface area contributed by atoms with Crippen molar-refractivity contribution in [1.29, 1.82) is 0 Å². The van der Waals surface area contributed by atoms with Gasteiger partial charge < -0.3 is 20.6 Å². The second-order valence-corrected chi connectivity index (χ2v) is 14.3. The van der Waals surface area contributed by atoms with Crippen LogP contribution in [0.1, 0.15) is 64.6 Å². The number of nitrogens with one attached hydrogen (secondary N) is 3. The number of aliphatic hydroxyl groups excluding tert-OH is 1. The molecule has 1 aliphatic heterocycles. The first kappa shape index (κ1) is 35.1. The van der Waals surface area contributed by atoms with Gasteiger partial charge in [-0.05, 0) is 83.1 Å². The Kier molecular flexibility index (Phi) is 12.3. The van der Waals surface area contributed by atoms with Crippen LogP contribution in [0.3, 0.4) is 0 Å². The zero-order chi connectivity index (χ0) is 33.3. The highest BCUT2D eigenvalue weighted by atomic mass is 32.2. The van der Waals surface area contributed by atoms with E-state index in [-0.39, 0.29) is 28.6 Å². The van der Waals surface area contributed by atoms with Crippen molar-refractivity contribution < 1.29 is 23.1 Å². The van der Waals surface area contributed by atoms with Crippen molar-refractivity contribution in [3.05, 3.63) is 101 Å². The summed E-state index contributed by atoms with van der Waals surface area (Å²) in [5.74, 6) is -1.16. The molecule has 1 saturated heterocycles. The predicted molar refractivity (Wildman–Crippen MR) is 182 cm³/mol. The smallest absolute Gasteiger partial charge is 0.251 e. The van der Waals surface area contributed by atoms with E-state index in [0.29, 0.717) is 19.0 Å². The normalized spacial score (nSPS) is 17.6. The number of likely N-dealkylation sites (N-methyl/N-ethyl adjacent to an activating group) is 2.